The van der Waals surface area contributed by atoms with Crippen LogP contribution in [0.1, 0.15) is 6.42 Å². The molecule has 0 saturated carbocycles. The molecular weight excluding hydrogens is 200 g/mol. The van der Waals surface area contributed by atoms with E-state index in [-0.39, 0.29) is 22.9 Å². The molecule has 1 rings (SSSR count). The minimum atomic E-state index is -3.28. The Bertz CT molecular complexity index is 412. The summed E-state index contributed by atoms with van der Waals surface area (Å²) in [5.41, 5.74) is 5.10. The highest BCUT2D eigenvalue weighted by molar-refractivity contribution is 7.91. The molecule has 4 nitrogen and oxygen atoms in total. The maximum Gasteiger partial charge on any atom is 0.178 e. The van der Waals surface area contributed by atoms with E-state index in [4.69, 9.17) is 11.1 Å². The van der Waals surface area contributed by atoms with Gasteiger partial charge in [0.1, 0.15) is 0 Å². The van der Waals surface area contributed by atoms with Crippen LogP contribution in [-0.4, -0.2) is 20.0 Å². The van der Waals surface area contributed by atoms with Gasteiger partial charge in [-0.1, -0.05) is 18.2 Å². The molecule has 0 spiro atoms. The van der Waals surface area contributed by atoms with Crippen molar-refractivity contribution in [3.63, 3.8) is 0 Å². The normalized spacial score (nSPS) is 11.1. The average Bonchev–Trinajstić information content (AvgIpc) is 2.16. The van der Waals surface area contributed by atoms with Gasteiger partial charge in [0.2, 0.25) is 0 Å². The Morgan fingerprint density at radius 3 is 2.36 bits per heavy atom. The second-order valence-electron chi connectivity index (χ2n) is 2.91. The third-order valence-electron chi connectivity index (χ3n) is 1.74. The summed E-state index contributed by atoms with van der Waals surface area (Å²) < 4.78 is 23.2. The van der Waals surface area contributed by atoms with E-state index in [1.807, 2.05) is 0 Å². The summed E-state index contributed by atoms with van der Waals surface area (Å²) in [5, 5.41) is 6.95. The predicted molar refractivity (Wildman–Crippen MR) is 55.0 cm³/mol. The molecule has 0 atom stereocenters. The van der Waals surface area contributed by atoms with Crippen LogP contribution in [0, 0.1) is 5.41 Å². The molecule has 0 unspecified atom stereocenters. The van der Waals surface area contributed by atoms with Crippen LogP contribution in [-0.2, 0) is 9.84 Å². The van der Waals surface area contributed by atoms with Crippen LogP contribution in [0.25, 0.3) is 0 Å². The molecule has 0 aliphatic rings. The van der Waals surface area contributed by atoms with Gasteiger partial charge in [-0.25, -0.2) is 8.42 Å². The van der Waals surface area contributed by atoms with Gasteiger partial charge >= 0.3 is 0 Å². The van der Waals surface area contributed by atoms with Gasteiger partial charge in [0.05, 0.1) is 16.5 Å². The number of hydrogen-bond acceptors (Lipinski definition) is 3. The first-order valence-electron chi connectivity index (χ1n) is 4.13. The number of rotatable bonds is 4. The quantitative estimate of drug-likeness (QED) is 0.571. The fourth-order valence-corrected chi connectivity index (χ4v) is 2.29. The Labute approximate surface area is 83.2 Å². The van der Waals surface area contributed by atoms with Crippen molar-refractivity contribution in [1.82, 2.24) is 0 Å². The second kappa shape index (κ2) is 4.23. The van der Waals surface area contributed by atoms with Gasteiger partial charge in [-0.15, -0.1) is 0 Å². The summed E-state index contributed by atoms with van der Waals surface area (Å²) >= 11 is 0. The third kappa shape index (κ3) is 2.85. The lowest BCUT2D eigenvalue weighted by Crippen LogP contribution is -2.16. The van der Waals surface area contributed by atoms with Crippen molar-refractivity contribution in [2.45, 2.75) is 11.3 Å². The lowest BCUT2D eigenvalue weighted by atomic mass is 10.4. The van der Waals surface area contributed by atoms with Gasteiger partial charge in [-0.2, -0.15) is 0 Å². The molecule has 0 aliphatic heterocycles. The molecule has 0 aliphatic carbocycles. The maximum atomic E-state index is 11.6. The van der Waals surface area contributed by atoms with Crippen LogP contribution in [0.5, 0.6) is 0 Å². The van der Waals surface area contributed by atoms with Crippen molar-refractivity contribution < 1.29 is 8.42 Å². The lowest BCUT2D eigenvalue weighted by Gasteiger charge is -2.02. The minimum Gasteiger partial charge on any atom is -0.388 e. The molecule has 76 valence electrons. The average molecular weight is 212 g/mol. The Hall–Kier alpha value is -1.36. The van der Waals surface area contributed by atoms with Gasteiger partial charge in [0, 0.05) is 6.42 Å². The number of nitrogens with one attached hydrogen (secondary N) is 1. The fraction of sp³-hybridized carbons (Fsp3) is 0.222. The first-order chi connectivity index (χ1) is 6.52. The highest BCUT2D eigenvalue weighted by Gasteiger charge is 2.13. The van der Waals surface area contributed by atoms with E-state index in [9.17, 15) is 8.42 Å². The van der Waals surface area contributed by atoms with E-state index in [1.165, 1.54) is 12.1 Å². The standard InChI is InChI=1S/C9H12N2O2S/c10-9(11)6-7-14(12,13)8-4-2-1-3-5-8/h1-5H,6-7H2,(H3,10,11). The molecule has 0 saturated heterocycles. The van der Waals surface area contributed by atoms with Crippen LogP contribution >= 0.6 is 0 Å². The van der Waals surface area contributed by atoms with Crippen molar-refractivity contribution in [2.75, 3.05) is 5.75 Å². The largest absolute Gasteiger partial charge is 0.388 e. The summed E-state index contributed by atoms with van der Waals surface area (Å²) in [4.78, 5) is 0.279. The summed E-state index contributed by atoms with van der Waals surface area (Å²) in [6.45, 7) is 0. The second-order valence-corrected chi connectivity index (χ2v) is 5.02. The summed E-state index contributed by atoms with van der Waals surface area (Å²) in [5.74, 6) is -0.212. The number of hydrogen-bond donors (Lipinski definition) is 2. The molecule has 1 aromatic carbocycles. The molecule has 14 heavy (non-hydrogen) atoms. The number of nitrogens with two attached hydrogens (primary N) is 1. The van der Waals surface area contributed by atoms with Crippen LogP contribution < -0.4 is 5.73 Å². The third-order valence-corrected chi connectivity index (χ3v) is 3.47. The molecule has 0 heterocycles. The predicted octanol–water partition coefficient (Wildman–Crippen LogP) is 0.786. The van der Waals surface area contributed by atoms with Crippen LogP contribution in [0.4, 0.5) is 0 Å². The van der Waals surface area contributed by atoms with E-state index in [0.717, 1.165) is 0 Å². The molecule has 3 N–H and O–H groups in total. The van der Waals surface area contributed by atoms with Gasteiger partial charge in [0.15, 0.2) is 9.84 Å². The zero-order valence-electron chi connectivity index (χ0n) is 7.60. The van der Waals surface area contributed by atoms with E-state index >= 15 is 0 Å². The Balaban J connectivity index is 2.82. The molecule has 0 radical (unpaired) electrons. The number of sulfone groups is 1. The van der Waals surface area contributed by atoms with Gasteiger partial charge < -0.3 is 5.73 Å². The van der Waals surface area contributed by atoms with Gasteiger partial charge in [-0.3, -0.25) is 5.41 Å². The summed E-state index contributed by atoms with van der Waals surface area (Å²) in [7, 11) is -3.28. The smallest absolute Gasteiger partial charge is 0.178 e. The van der Waals surface area contributed by atoms with Crippen molar-refractivity contribution in [1.29, 1.82) is 5.41 Å². The molecule has 0 fully saturated rings. The monoisotopic (exact) mass is 212 g/mol. The first-order valence-corrected chi connectivity index (χ1v) is 5.78. The molecule has 0 aromatic heterocycles. The van der Waals surface area contributed by atoms with Crippen molar-refractivity contribution >= 4 is 15.7 Å². The highest BCUT2D eigenvalue weighted by Crippen LogP contribution is 2.10. The summed E-state index contributed by atoms with van der Waals surface area (Å²) in [6.07, 6.45) is 0.0806. The lowest BCUT2D eigenvalue weighted by molar-refractivity contribution is 0.596. The van der Waals surface area contributed by atoms with Gasteiger partial charge in [-0.05, 0) is 12.1 Å². The maximum absolute atomic E-state index is 11.6. The highest BCUT2D eigenvalue weighted by atomic mass is 32.2. The van der Waals surface area contributed by atoms with Crippen LogP contribution in [0.2, 0.25) is 0 Å². The molecule has 5 heteroatoms. The van der Waals surface area contributed by atoms with Crippen LogP contribution in [0.15, 0.2) is 35.2 Å². The number of benzene rings is 1. The number of amidine groups is 1. The SMILES string of the molecule is N=C(N)CCS(=O)(=O)c1ccccc1. The topological polar surface area (TPSA) is 84.0 Å². The van der Waals surface area contributed by atoms with Crippen molar-refractivity contribution in [3.8, 4) is 0 Å². The van der Waals surface area contributed by atoms with E-state index in [1.54, 1.807) is 18.2 Å². The molecule has 0 amide bonds. The molecule has 1 aromatic rings. The van der Waals surface area contributed by atoms with Crippen molar-refractivity contribution in [2.24, 2.45) is 5.73 Å². The Morgan fingerprint density at radius 2 is 1.86 bits per heavy atom. The molecular formula is C9H12N2O2S. The van der Waals surface area contributed by atoms with E-state index in [2.05, 4.69) is 0 Å². The van der Waals surface area contributed by atoms with Gasteiger partial charge in [0.25, 0.3) is 0 Å². The fourth-order valence-electron chi connectivity index (χ4n) is 0.990. The summed E-state index contributed by atoms with van der Waals surface area (Å²) in [6, 6.07) is 8.16. The first kappa shape index (κ1) is 10.7. The minimum absolute atomic E-state index is 0.0806. The molecule has 0 bridgehead atoms. The Morgan fingerprint density at radius 1 is 1.29 bits per heavy atom. The van der Waals surface area contributed by atoms with E-state index in [0.29, 0.717) is 0 Å². The van der Waals surface area contributed by atoms with E-state index < -0.39 is 9.84 Å². The van der Waals surface area contributed by atoms with Crippen LogP contribution in [0.3, 0.4) is 0 Å². The Kier molecular flexibility index (Phi) is 3.24. The zero-order chi connectivity index (χ0) is 10.6. The zero-order valence-corrected chi connectivity index (χ0v) is 8.42. The van der Waals surface area contributed by atoms with Crippen molar-refractivity contribution in [3.05, 3.63) is 30.3 Å².